The second kappa shape index (κ2) is 13.0. The molecule has 0 saturated heterocycles. The molecule has 0 aliphatic rings. The minimum Gasteiger partial charge on any atom is -0.467 e. The number of guanidine groups is 1. The molecule has 0 radical (unpaired) electrons. The summed E-state index contributed by atoms with van der Waals surface area (Å²) in [5.41, 5.74) is 3.48. The molecule has 0 aliphatic heterocycles. The molecule has 0 aliphatic carbocycles. The fourth-order valence-corrected chi connectivity index (χ4v) is 2.77. The van der Waals surface area contributed by atoms with Crippen molar-refractivity contribution >= 4 is 29.9 Å². The van der Waals surface area contributed by atoms with Gasteiger partial charge in [-0.1, -0.05) is 54.6 Å². The Morgan fingerprint density at radius 1 is 0.897 bits per heavy atom. The van der Waals surface area contributed by atoms with Crippen LogP contribution in [-0.4, -0.2) is 12.5 Å². The van der Waals surface area contributed by atoms with Crippen molar-refractivity contribution in [2.24, 2.45) is 4.99 Å². The number of ether oxygens (including phenoxy) is 1. The zero-order chi connectivity index (χ0) is 19.4. The standard InChI is InChI=1S/C23H27N3O2.HI/c1-2-24-23(26-16-22-12-7-13-28-22)25-15-20-10-6-11-21(14-20)18-27-17-19-8-4-3-5-9-19;/h3-14H,2,15-18H2,1H3,(H2,24,25,26);1H. The number of nitrogens with one attached hydrogen (secondary N) is 2. The highest BCUT2D eigenvalue weighted by Crippen LogP contribution is 2.10. The molecule has 0 bridgehead atoms. The van der Waals surface area contributed by atoms with Gasteiger partial charge in [-0.05, 0) is 35.7 Å². The lowest BCUT2D eigenvalue weighted by atomic mass is 10.1. The molecule has 0 unspecified atom stereocenters. The monoisotopic (exact) mass is 505 g/mol. The minimum absolute atomic E-state index is 0. The van der Waals surface area contributed by atoms with E-state index in [0.29, 0.717) is 26.3 Å². The van der Waals surface area contributed by atoms with Crippen LogP contribution in [0.25, 0.3) is 0 Å². The number of furan rings is 1. The molecule has 1 heterocycles. The number of aliphatic imine (C=N–C) groups is 1. The summed E-state index contributed by atoms with van der Waals surface area (Å²) in [6.07, 6.45) is 1.67. The molecule has 0 spiro atoms. The van der Waals surface area contributed by atoms with Gasteiger partial charge in [-0.25, -0.2) is 4.99 Å². The topological polar surface area (TPSA) is 58.8 Å². The van der Waals surface area contributed by atoms with Crippen molar-refractivity contribution in [1.82, 2.24) is 10.6 Å². The van der Waals surface area contributed by atoms with Crippen LogP contribution in [0, 0.1) is 0 Å². The van der Waals surface area contributed by atoms with E-state index in [1.54, 1.807) is 6.26 Å². The molecule has 2 aromatic carbocycles. The molecule has 6 heteroatoms. The van der Waals surface area contributed by atoms with E-state index in [0.717, 1.165) is 29.4 Å². The van der Waals surface area contributed by atoms with Crippen LogP contribution in [0.5, 0.6) is 0 Å². The van der Waals surface area contributed by atoms with Crippen molar-refractivity contribution in [3.8, 4) is 0 Å². The molecular formula is C23H28IN3O2. The number of halogens is 1. The van der Waals surface area contributed by atoms with Crippen molar-refractivity contribution in [1.29, 1.82) is 0 Å². The van der Waals surface area contributed by atoms with Crippen LogP contribution in [0.4, 0.5) is 0 Å². The lowest BCUT2D eigenvalue weighted by Gasteiger charge is -2.10. The predicted octanol–water partition coefficient (Wildman–Crippen LogP) is 4.87. The van der Waals surface area contributed by atoms with Gasteiger partial charge in [0.15, 0.2) is 5.96 Å². The smallest absolute Gasteiger partial charge is 0.191 e. The van der Waals surface area contributed by atoms with Crippen LogP contribution >= 0.6 is 24.0 Å². The van der Waals surface area contributed by atoms with Gasteiger partial charge < -0.3 is 19.8 Å². The normalized spacial score (nSPS) is 11.0. The van der Waals surface area contributed by atoms with E-state index < -0.39 is 0 Å². The summed E-state index contributed by atoms with van der Waals surface area (Å²) >= 11 is 0. The van der Waals surface area contributed by atoms with Gasteiger partial charge in [0.05, 0.1) is 32.6 Å². The molecule has 0 fully saturated rings. The highest BCUT2D eigenvalue weighted by Gasteiger charge is 2.01. The maximum absolute atomic E-state index is 5.83. The second-order valence-corrected chi connectivity index (χ2v) is 6.43. The van der Waals surface area contributed by atoms with E-state index in [9.17, 15) is 0 Å². The quantitative estimate of drug-likeness (QED) is 0.248. The number of rotatable bonds is 9. The molecule has 0 saturated carbocycles. The first-order chi connectivity index (χ1) is 13.8. The number of hydrogen-bond donors (Lipinski definition) is 2. The van der Waals surface area contributed by atoms with Crippen LogP contribution in [0.2, 0.25) is 0 Å². The van der Waals surface area contributed by atoms with E-state index in [4.69, 9.17) is 9.15 Å². The largest absolute Gasteiger partial charge is 0.467 e. The highest BCUT2D eigenvalue weighted by molar-refractivity contribution is 14.0. The van der Waals surface area contributed by atoms with E-state index in [1.807, 2.05) is 30.3 Å². The highest BCUT2D eigenvalue weighted by atomic mass is 127. The summed E-state index contributed by atoms with van der Waals surface area (Å²) in [6, 6.07) is 22.4. The zero-order valence-corrected chi connectivity index (χ0v) is 19.0. The summed E-state index contributed by atoms with van der Waals surface area (Å²) in [4.78, 5) is 4.66. The van der Waals surface area contributed by atoms with Gasteiger partial charge in [-0.3, -0.25) is 0 Å². The molecule has 3 rings (SSSR count). The van der Waals surface area contributed by atoms with Gasteiger partial charge in [0.2, 0.25) is 0 Å². The Bertz CT molecular complexity index is 852. The van der Waals surface area contributed by atoms with E-state index in [-0.39, 0.29) is 24.0 Å². The average molecular weight is 505 g/mol. The third-order valence-electron chi connectivity index (χ3n) is 4.15. The number of benzene rings is 2. The molecular weight excluding hydrogens is 477 g/mol. The Balaban J connectivity index is 0.00000300. The van der Waals surface area contributed by atoms with E-state index >= 15 is 0 Å². The van der Waals surface area contributed by atoms with Gasteiger partial charge in [0.1, 0.15) is 5.76 Å². The van der Waals surface area contributed by atoms with Crippen LogP contribution in [0.3, 0.4) is 0 Å². The van der Waals surface area contributed by atoms with Gasteiger partial charge in [0, 0.05) is 6.54 Å². The van der Waals surface area contributed by atoms with Crippen LogP contribution in [0.1, 0.15) is 29.4 Å². The second-order valence-electron chi connectivity index (χ2n) is 6.43. The van der Waals surface area contributed by atoms with Crippen molar-refractivity contribution in [2.75, 3.05) is 6.54 Å². The maximum atomic E-state index is 5.83. The first-order valence-electron chi connectivity index (χ1n) is 9.57. The zero-order valence-electron chi connectivity index (χ0n) is 16.6. The van der Waals surface area contributed by atoms with Gasteiger partial charge >= 0.3 is 0 Å². The fourth-order valence-electron chi connectivity index (χ4n) is 2.77. The van der Waals surface area contributed by atoms with Gasteiger partial charge in [0.25, 0.3) is 0 Å². The predicted molar refractivity (Wildman–Crippen MR) is 127 cm³/mol. The van der Waals surface area contributed by atoms with E-state index in [2.05, 4.69) is 58.9 Å². The number of hydrogen-bond acceptors (Lipinski definition) is 3. The van der Waals surface area contributed by atoms with Gasteiger partial charge in [-0.2, -0.15) is 0 Å². The Morgan fingerprint density at radius 2 is 1.66 bits per heavy atom. The van der Waals surface area contributed by atoms with Crippen LogP contribution in [-0.2, 0) is 31.0 Å². The first kappa shape index (κ1) is 23.0. The molecule has 2 N–H and O–H groups in total. The molecule has 154 valence electrons. The van der Waals surface area contributed by atoms with Crippen molar-refractivity contribution < 1.29 is 9.15 Å². The Hall–Kier alpha value is -2.32. The molecule has 3 aromatic rings. The molecule has 29 heavy (non-hydrogen) atoms. The summed E-state index contributed by atoms with van der Waals surface area (Å²) in [7, 11) is 0. The third kappa shape index (κ3) is 8.29. The molecule has 0 atom stereocenters. The summed E-state index contributed by atoms with van der Waals surface area (Å²) in [5.74, 6) is 1.65. The number of nitrogens with zero attached hydrogens (tertiary/aromatic N) is 1. The van der Waals surface area contributed by atoms with Crippen LogP contribution < -0.4 is 10.6 Å². The Morgan fingerprint density at radius 3 is 2.41 bits per heavy atom. The Kier molecular flexibility index (Phi) is 10.3. The van der Waals surface area contributed by atoms with Crippen LogP contribution in [0.15, 0.2) is 82.4 Å². The lowest BCUT2D eigenvalue weighted by Crippen LogP contribution is -2.36. The summed E-state index contributed by atoms with van der Waals surface area (Å²) in [6.45, 7) is 5.26. The molecule has 5 nitrogen and oxygen atoms in total. The fraction of sp³-hybridized carbons (Fsp3) is 0.261. The first-order valence-corrected chi connectivity index (χ1v) is 9.57. The molecule has 0 amide bonds. The average Bonchev–Trinajstić information content (AvgIpc) is 3.25. The molecule has 1 aromatic heterocycles. The minimum atomic E-state index is 0. The lowest BCUT2D eigenvalue weighted by molar-refractivity contribution is 0.107. The van der Waals surface area contributed by atoms with Crippen molar-refractivity contribution in [2.45, 2.75) is 33.2 Å². The SMILES string of the molecule is CCNC(=NCc1cccc(COCc2ccccc2)c1)NCc1ccco1.I. The summed E-state index contributed by atoms with van der Waals surface area (Å²) in [5, 5.41) is 6.54. The van der Waals surface area contributed by atoms with Gasteiger partial charge in [-0.15, -0.1) is 24.0 Å². The maximum Gasteiger partial charge on any atom is 0.191 e. The van der Waals surface area contributed by atoms with Crippen molar-refractivity contribution in [3.63, 3.8) is 0 Å². The van der Waals surface area contributed by atoms with E-state index in [1.165, 1.54) is 5.56 Å². The Labute approximate surface area is 189 Å². The van der Waals surface area contributed by atoms with Crippen molar-refractivity contribution in [3.05, 3.63) is 95.4 Å². The third-order valence-corrected chi connectivity index (χ3v) is 4.15. The summed E-state index contributed by atoms with van der Waals surface area (Å²) < 4.78 is 11.2.